The van der Waals surface area contributed by atoms with E-state index in [1.807, 2.05) is 0 Å². The van der Waals surface area contributed by atoms with Crippen LogP contribution >= 0.6 is 0 Å². The molecular weight excluding hydrogens is 262 g/mol. The van der Waals surface area contributed by atoms with Gasteiger partial charge in [-0.3, -0.25) is 9.59 Å². The van der Waals surface area contributed by atoms with Gasteiger partial charge in [0.25, 0.3) is 0 Å². The minimum absolute atomic E-state index is 0.119. The summed E-state index contributed by atoms with van der Waals surface area (Å²) in [4.78, 5) is 37.7. The van der Waals surface area contributed by atoms with Gasteiger partial charge in [0.15, 0.2) is 0 Å². The van der Waals surface area contributed by atoms with Gasteiger partial charge in [-0.25, -0.2) is 4.79 Å². The predicted molar refractivity (Wildman–Crippen MR) is 73.2 cm³/mol. The maximum absolute atomic E-state index is 12.2. The number of hydrogen-bond donors (Lipinski definition) is 2. The van der Waals surface area contributed by atoms with E-state index in [1.165, 1.54) is 4.90 Å². The molecule has 0 aromatic carbocycles. The first kappa shape index (κ1) is 16.3. The van der Waals surface area contributed by atoms with Crippen LogP contribution in [0.4, 0.5) is 4.79 Å². The number of carbonyl (C=O) groups is 3. The molecule has 0 aromatic heterocycles. The van der Waals surface area contributed by atoms with Crippen LogP contribution in [-0.4, -0.2) is 66.5 Å². The first-order valence-electron chi connectivity index (χ1n) is 6.81. The molecular formula is C13H23N3O4. The molecule has 1 fully saturated rings. The summed E-state index contributed by atoms with van der Waals surface area (Å²) in [5, 5.41) is 11.6. The molecule has 0 aromatic rings. The molecule has 1 aliphatic heterocycles. The zero-order valence-electron chi connectivity index (χ0n) is 12.3. The van der Waals surface area contributed by atoms with E-state index in [-0.39, 0.29) is 24.4 Å². The van der Waals surface area contributed by atoms with Gasteiger partial charge >= 0.3 is 12.0 Å². The standard InChI is InChI=1S/C13H23N3O4/c1-9(11(17)14-2)7-15(3)13(20)16-6-4-5-10(8-16)12(18)19/h9-10H,4-8H2,1-3H3,(H,14,17)(H,18,19)/t9?,10-/m0/s1. The average Bonchev–Trinajstić information content (AvgIpc) is 2.45. The van der Waals surface area contributed by atoms with Crippen LogP contribution in [0, 0.1) is 11.8 Å². The summed E-state index contributed by atoms with van der Waals surface area (Å²) in [6, 6.07) is -0.216. The summed E-state index contributed by atoms with van der Waals surface area (Å²) in [7, 11) is 3.19. The molecule has 1 unspecified atom stereocenters. The molecule has 3 amide bonds. The third-order valence-electron chi connectivity index (χ3n) is 3.61. The molecule has 7 nitrogen and oxygen atoms in total. The van der Waals surface area contributed by atoms with Crippen molar-refractivity contribution in [2.75, 3.05) is 33.7 Å². The second kappa shape index (κ2) is 7.12. The highest BCUT2D eigenvalue weighted by Gasteiger charge is 2.30. The third kappa shape index (κ3) is 4.11. The molecule has 2 N–H and O–H groups in total. The van der Waals surface area contributed by atoms with Crippen LogP contribution in [0.25, 0.3) is 0 Å². The number of nitrogens with zero attached hydrogens (tertiary/aromatic N) is 2. The van der Waals surface area contributed by atoms with Gasteiger partial charge < -0.3 is 20.2 Å². The zero-order valence-corrected chi connectivity index (χ0v) is 12.3. The molecule has 114 valence electrons. The van der Waals surface area contributed by atoms with E-state index in [2.05, 4.69) is 5.32 Å². The number of amides is 3. The topological polar surface area (TPSA) is 90.0 Å². The summed E-state index contributed by atoms with van der Waals surface area (Å²) in [5.41, 5.74) is 0. The highest BCUT2D eigenvalue weighted by Crippen LogP contribution is 2.18. The van der Waals surface area contributed by atoms with Crippen LogP contribution in [0.1, 0.15) is 19.8 Å². The van der Waals surface area contributed by atoms with Crippen LogP contribution in [0.3, 0.4) is 0 Å². The minimum Gasteiger partial charge on any atom is -0.481 e. The van der Waals surface area contributed by atoms with E-state index >= 15 is 0 Å². The molecule has 0 saturated carbocycles. The maximum atomic E-state index is 12.2. The van der Waals surface area contributed by atoms with Crippen molar-refractivity contribution in [3.63, 3.8) is 0 Å². The van der Waals surface area contributed by atoms with Crippen LogP contribution in [-0.2, 0) is 9.59 Å². The molecule has 1 saturated heterocycles. The number of carboxylic acid groups (broad SMARTS) is 1. The molecule has 0 radical (unpaired) electrons. The molecule has 7 heteroatoms. The minimum atomic E-state index is -0.858. The van der Waals surface area contributed by atoms with Crippen molar-refractivity contribution >= 4 is 17.9 Å². The summed E-state index contributed by atoms with van der Waals surface area (Å²) >= 11 is 0. The van der Waals surface area contributed by atoms with Crippen LogP contribution < -0.4 is 5.32 Å². The number of carbonyl (C=O) groups excluding carboxylic acids is 2. The second-order valence-corrected chi connectivity index (χ2v) is 5.30. The monoisotopic (exact) mass is 285 g/mol. The van der Waals surface area contributed by atoms with Crippen molar-refractivity contribution in [3.05, 3.63) is 0 Å². The SMILES string of the molecule is CNC(=O)C(C)CN(C)C(=O)N1CCC[C@H](C(=O)O)C1. The molecule has 0 spiro atoms. The lowest BCUT2D eigenvalue weighted by molar-refractivity contribution is -0.143. The number of likely N-dealkylation sites (tertiary alicyclic amines) is 1. The van der Waals surface area contributed by atoms with Gasteiger partial charge in [-0.15, -0.1) is 0 Å². The van der Waals surface area contributed by atoms with Gasteiger partial charge in [-0.05, 0) is 12.8 Å². The molecule has 1 rings (SSSR count). The molecule has 0 bridgehead atoms. The van der Waals surface area contributed by atoms with E-state index in [9.17, 15) is 14.4 Å². The van der Waals surface area contributed by atoms with Gasteiger partial charge in [-0.1, -0.05) is 6.92 Å². The van der Waals surface area contributed by atoms with Gasteiger partial charge in [0.05, 0.1) is 11.8 Å². The lowest BCUT2D eigenvalue weighted by Gasteiger charge is -2.34. The van der Waals surface area contributed by atoms with Crippen LogP contribution in [0.5, 0.6) is 0 Å². The Morgan fingerprint density at radius 3 is 2.65 bits per heavy atom. The Morgan fingerprint density at radius 1 is 1.45 bits per heavy atom. The quantitative estimate of drug-likeness (QED) is 0.773. The Labute approximate surface area is 118 Å². The summed E-state index contributed by atoms with van der Waals surface area (Å²) < 4.78 is 0. The van der Waals surface area contributed by atoms with Crippen molar-refractivity contribution < 1.29 is 19.5 Å². The fourth-order valence-corrected chi connectivity index (χ4v) is 2.41. The number of carboxylic acids is 1. The number of hydrogen-bond acceptors (Lipinski definition) is 3. The first-order chi connectivity index (χ1) is 9.36. The fraction of sp³-hybridized carbons (Fsp3) is 0.769. The molecule has 1 aliphatic rings. The number of aliphatic carboxylic acids is 1. The number of rotatable bonds is 4. The first-order valence-corrected chi connectivity index (χ1v) is 6.81. The van der Waals surface area contributed by atoms with Gasteiger partial charge in [0, 0.05) is 33.7 Å². The van der Waals surface area contributed by atoms with Gasteiger partial charge in [-0.2, -0.15) is 0 Å². The van der Waals surface area contributed by atoms with Crippen LogP contribution in [0.2, 0.25) is 0 Å². The Balaban J connectivity index is 2.55. The van der Waals surface area contributed by atoms with E-state index in [0.29, 0.717) is 25.9 Å². The molecule has 0 aliphatic carbocycles. The van der Waals surface area contributed by atoms with Crippen molar-refractivity contribution in [2.45, 2.75) is 19.8 Å². The van der Waals surface area contributed by atoms with Crippen molar-refractivity contribution in [1.82, 2.24) is 15.1 Å². The van der Waals surface area contributed by atoms with Crippen LogP contribution in [0.15, 0.2) is 0 Å². The summed E-state index contributed by atoms with van der Waals surface area (Å²) in [5.74, 6) is -1.76. The number of piperidine rings is 1. The van der Waals surface area contributed by atoms with E-state index in [1.54, 1.807) is 25.9 Å². The zero-order chi connectivity index (χ0) is 15.3. The Morgan fingerprint density at radius 2 is 2.10 bits per heavy atom. The number of urea groups is 1. The third-order valence-corrected chi connectivity index (χ3v) is 3.61. The molecule has 1 heterocycles. The smallest absolute Gasteiger partial charge is 0.319 e. The average molecular weight is 285 g/mol. The predicted octanol–water partition coefficient (Wildman–Crippen LogP) is 0.217. The van der Waals surface area contributed by atoms with Crippen molar-refractivity contribution in [2.24, 2.45) is 11.8 Å². The highest BCUT2D eigenvalue weighted by atomic mass is 16.4. The summed E-state index contributed by atoms with van der Waals surface area (Å²) in [6.45, 7) is 2.87. The lowest BCUT2D eigenvalue weighted by atomic mass is 9.98. The Kier molecular flexibility index (Phi) is 5.79. The molecule has 20 heavy (non-hydrogen) atoms. The van der Waals surface area contributed by atoms with E-state index in [4.69, 9.17) is 5.11 Å². The van der Waals surface area contributed by atoms with E-state index in [0.717, 1.165) is 0 Å². The van der Waals surface area contributed by atoms with Gasteiger partial charge in [0.2, 0.25) is 5.91 Å². The number of nitrogens with one attached hydrogen (secondary N) is 1. The highest BCUT2D eigenvalue weighted by molar-refractivity contribution is 5.80. The molecule has 2 atom stereocenters. The maximum Gasteiger partial charge on any atom is 0.319 e. The van der Waals surface area contributed by atoms with Gasteiger partial charge in [0.1, 0.15) is 0 Å². The van der Waals surface area contributed by atoms with Crippen molar-refractivity contribution in [3.8, 4) is 0 Å². The normalized spacial score (nSPS) is 20.1. The Bertz CT molecular complexity index is 386. The fourth-order valence-electron chi connectivity index (χ4n) is 2.41. The lowest BCUT2D eigenvalue weighted by Crippen LogP contribution is -2.49. The summed E-state index contributed by atoms with van der Waals surface area (Å²) in [6.07, 6.45) is 1.30. The second-order valence-electron chi connectivity index (χ2n) is 5.30. The van der Waals surface area contributed by atoms with Crippen molar-refractivity contribution in [1.29, 1.82) is 0 Å². The largest absolute Gasteiger partial charge is 0.481 e. The van der Waals surface area contributed by atoms with E-state index < -0.39 is 11.9 Å². The Hall–Kier alpha value is -1.79.